The number of aromatic nitrogens is 5. The van der Waals surface area contributed by atoms with Crippen LogP contribution in [0.5, 0.6) is 0 Å². The predicted molar refractivity (Wildman–Crippen MR) is 154 cm³/mol. The molecular weight excluding hydrogens is 466 g/mol. The third-order valence-electron chi connectivity index (χ3n) is 7.22. The van der Waals surface area contributed by atoms with Gasteiger partial charge in [0.2, 0.25) is 0 Å². The molecule has 8 aromatic rings. The van der Waals surface area contributed by atoms with Crippen LogP contribution < -0.4 is 0 Å². The van der Waals surface area contributed by atoms with Crippen molar-refractivity contribution in [2.45, 2.75) is 0 Å². The average molecular weight is 488 g/mol. The van der Waals surface area contributed by atoms with Gasteiger partial charge in [0.15, 0.2) is 0 Å². The Morgan fingerprint density at radius 3 is 2.08 bits per heavy atom. The Kier molecular flexibility index (Phi) is 4.45. The van der Waals surface area contributed by atoms with E-state index in [1.54, 1.807) is 0 Å². The third kappa shape index (κ3) is 3.02. The van der Waals surface area contributed by atoms with Gasteiger partial charge in [0, 0.05) is 34.2 Å². The predicted octanol–water partition coefficient (Wildman–Crippen LogP) is 7.73. The molecule has 0 N–H and O–H groups in total. The fourth-order valence-electron chi connectivity index (χ4n) is 5.54. The van der Waals surface area contributed by atoms with Gasteiger partial charge in [-0.15, -0.1) is 0 Å². The van der Waals surface area contributed by atoms with Crippen molar-refractivity contribution >= 4 is 44.0 Å². The van der Waals surface area contributed by atoms with E-state index < -0.39 is 0 Å². The number of pyridine rings is 3. The maximum atomic E-state index is 5.35. The van der Waals surface area contributed by atoms with Gasteiger partial charge in [-0.25, -0.2) is 9.97 Å². The summed E-state index contributed by atoms with van der Waals surface area (Å²) >= 11 is 0. The van der Waals surface area contributed by atoms with Crippen molar-refractivity contribution < 1.29 is 0 Å². The van der Waals surface area contributed by atoms with Gasteiger partial charge >= 0.3 is 0 Å². The molecule has 8 rings (SSSR count). The van der Waals surface area contributed by atoms with Crippen LogP contribution in [-0.4, -0.2) is 24.1 Å². The first-order valence-electron chi connectivity index (χ1n) is 12.6. The highest BCUT2D eigenvalue weighted by Gasteiger charge is 2.20. The number of hydrogen-bond acceptors (Lipinski definition) is 3. The second-order valence-electron chi connectivity index (χ2n) is 9.39. The van der Waals surface area contributed by atoms with Crippen molar-refractivity contribution in [3.05, 3.63) is 128 Å². The van der Waals surface area contributed by atoms with Crippen LogP contribution in [0.25, 0.3) is 66.6 Å². The van der Waals surface area contributed by atoms with Crippen LogP contribution in [0.15, 0.2) is 128 Å². The van der Waals surface area contributed by atoms with Crippen molar-refractivity contribution in [1.29, 1.82) is 0 Å². The zero-order chi connectivity index (χ0) is 25.1. The summed E-state index contributed by atoms with van der Waals surface area (Å²) in [5, 5.41) is 3.25. The van der Waals surface area contributed by atoms with Gasteiger partial charge in [0.25, 0.3) is 0 Å². The van der Waals surface area contributed by atoms with Crippen LogP contribution in [0.4, 0.5) is 0 Å². The van der Waals surface area contributed by atoms with Gasteiger partial charge < -0.3 is 0 Å². The summed E-state index contributed by atoms with van der Waals surface area (Å²) in [6, 6.07) is 39.7. The number of para-hydroxylation sites is 2. The van der Waals surface area contributed by atoms with Gasteiger partial charge in [-0.3, -0.25) is 14.1 Å². The van der Waals surface area contributed by atoms with Gasteiger partial charge in [-0.1, -0.05) is 66.7 Å². The first-order chi connectivity index (χ1) is 18.9. The minimum absolute atomic E-state index is 0.838. The second kappa shape index (κ2) is 8.11. The summed E-state index contributed by atoms with van der Waals surface area (Å²) in [6.45, 7) is 0. The van der Waals surface area contributed by atoms with E-state index in [4.69, 9.17) is 15.0 Å². The molecule has 0 amide bonds. The summed E-state index contributed by atoms with van der Waals surface area (Å²) in [5.74, 6) is 0.838. The number of nitrogens with zero attached hydrogens (tertiary/aromatic N) is 5. The highest BCUT2D eigenvalue weighted by Crippen LogP contribution is 2.37. The van der Waals surface area contributed by atoms with Crippen LogP contribution >= 0.6 is 0 Å². The molecule has 0 atom stereocenters. The van der Waals surface area contributed by atoms with E-state index in [9.17, 15) is 0 Å². The molecule has 0 saturated heterocycles. The van der Waals surface area contributed by atoms with Gasteiger partial charge in [0.05, 0.1) is 16.6 Å². The third-order valence-corrected chi connectivity index (χ3v) is 7.22. The molecule has 0 spiro atoms. The lowest BCUT2D eigenvalue weighted by atomic mass is 10.1. The number of benzene rings is 3. The van der Waals surface area contributed by atoms with E-state index in [0.717, 1.165) is 66.6 Å². The number of hydrogen-bond donors (Lipinski definition) is 0. The highest BCUT2D eigenvalue weighted by molar-refractivity contribution is 6.15. The van der Waals surface area contributed by atoms with E-state index in [1.807, 2.05) is 30.6 Å². The maximum Gasteiger partial charge on any atom is 0.149 e. The van der Waals surface area contributed by atoms with E-state index in [0.29, 0.717) is 0 Å². The Bertz CT molecular complexity index is 2120. The SMILES string of the molecule is c1ccc(-c2ccnc(-n3c4ccccc4c4cc5c6ncccc6n(-c6ccccc6)c5nc43)c2)cc1. The van der Waals surface area contributed by atoms with Gasteiger partial charge in [-0.05, 0) is 59.7 Å². The van der Waals surface area contributed by atoms with Crippen molar-refractivity contribution in [1.82, 2.24) is 24.1 Å². The summed E-state index contributed by atoms with van der Waals surface area (Å²) in [6.07, 6.45) is 3.73. The molecule has 0 aliphatic carbocycles. The zero-order valence-electron chi connectivity index (χ0n) is 20.4. The Hall–Kier alpha value is -5.29. The monoisotopic (exact) mass is 487 g/mol. The number of rotatable bonds is 3. The van der Waals surface area contributed by atoms with Gasteiger partial charge in [0.1, 0.15) is 17.1 Å². The zero-order valence-corrected chi connectivity index (χ0v) is 20.4. The summed E-state index contributed by atoms with van der Waals surface area (Å²) < 4.78 is 4.38. The molecule has 0 aliphatic rings. The molecule has 5 heterocycles. The molecule has 5 heteroatoms. The summed E-state index contributed by atoms with van der Waals surface area (Å²) in [7, 11) is 0. The largest absolute Gasteiger partial charge is 0.292 e. The van der Waals surface area contributed by atoms with E-state index in [2.05, 4.69) is 106 Å². The standard InChI is InChI=1S/C33H21N5/c1-3-10-22(11-4-1)23-17-19-34-30(20-23)38-28-15-8-7-14-25(28)26-21-27-31-29(16-9-18-35-31)37(33(27)36-32(26)38)24-12-5-2-6-13-24/h1-21H. The molecule has 0 radical (unpaired) electrons. The molecule has 0 bridgehead atoms. The normalized spacial score (nSPS) is 11.7. The Balaban J connectivity index is 1.50. The molecule has 3 aromatic carbocycles. The van der Waals surface area contributed by atoms with Crippen LogP contribution in [0.1, 0.15) is 0 Å². The smallest absolute Gasteiger partial charge is 0.149 e. The molecule has 5 aromatic heterocycles. The van der Waals surface area contributed by atoms with Crippen LogP contribution in [0.2, 0.25) is 0 Å². The summed E-state index contributed by atoms with van der Waals surface area (Å²) in [4.78, 5) is 14.9. The van der Waals surface area contributed by atoms with E-state index >= 15 is 0 Å². The van der Waals surface area contributed by atoms with E-state index in [-0.39, 0.29) is 0 Å². The van der Waals surface area contributed by atoms with Crippen molar-refractivity contribution in [2.24, 2.45) is 0 Å². The quantitative estimate of drug-likeness (QED) is 0.256. The van der Waals surface area contributed by atoms with Crippen LogP contribution in [0.3, 0.4) is 0 Å². The fourth-order valence-corrected chi connectivity index (χ4v) is 5.54. The van der Waals surface area contributed by atoms with Crippen LogP contribution in [0, 0.1) is 0 Å². The molecule has 5 nitrogen and oxygen atoms in total. The lowest BCUT2D eigenvalue weighted by Gasteiger charge is -2.10. The van der Waals surface area contributed by atoms with E-state index in [1.165, 1.54) is 0 Å². The topological polar surface area (TPSA) is 48.5 Å². The Morgan fingerprint density at radius 1 is 0.474 bits per heavy atom. The van der Waals surface area contributed by atoms with Gasteiger partial charge in [-0.2, -0.15) is 0 Å². The minimum Gasteiger partial charge on any atom is -0.292 e. The van der Waals surface area contributed by atoms with Crippen LogP contribution in [-0.2, 0) is 0 Å². The number of fused-ring (bicyclic) bond motifs is 6. The fraction of sp³-hybridized carbons (Fsp3) is 0. The Labute approximate surface area is 218 Å². The van der Waals surface area contributed by atoms with Crippen molar-refractivity contribution in [3.8, 4) is 22.6 Å². The second-order valence-corrected chi connectivity index (χ2v) is 9.39. The molecule has 0 fully saturated rings. The minimum atomic E-state index is 0.838. The lowest BCUT2D eigenvalue weighted by Crippen LogP contribution is -2.00. The first-order valence-corrected chi connectivity index (χ1v) is 12.6. The average Bonchev–Trinajstić information content (AvgIpc) is 3.49. The summed E-state index contributed by atoms with van der Waals surface area (Å²) in [5.41, 5.74) is 8.13. The lowest BCUT2D eigenvalue weighted by molar-refractivity contribution is 1.05. The molecule has 38 heavy (non-hydrogen) atoms. The molecule has 178 valence electrons. The molecule has 0 unspecified atom stereocenters. The Morgan fingerprint density at radius 2 is 1.21 bits per heavy atom. The van der Waals surface area contributed by atoms with Crippen molar-refractivity contribution in [2.75, 3.05) is 0 Å². The highest BCUT2D eigenvalue weighted by atomic mass is 15.1. The molecular formula is C33H21N5. The van der Waals surface area contributed by atoms with Crippen molar-refractivity contribution in [3.63, 3.8) is 0 Å². The molecule has 0 aliphatic heterocycles. The maximum absolute atomic E-state index is 5.35. The first kappa shape index (κ1) is 20.9. The molecule has 0 saturated carbocycles.